The van der Waals surface area contributed by atoms with Gasteiger partial charge in [-0.1, -0.05) is 26.8 Å². The van der Waals surface area contributed by atoms with Gasteiger partial charge in [0, 0.05) is 0 Å². The average Bonchev–Trinajstić information content (AvgIpc) is 2.18. The molecule has 0 aliphatic carbocycles. The molecule has 4 nitrogen and oxygen atoms in total. The summed E-state index contributed by atoms with van der Waals surface area (Å²) in [7, 11) is 0. The molecule has 1 rings (SSSR count). The smallest absolute Gasteiger partial charge is 0.243 e. The van der Waals surface area contributed by atoms with Crippen LogP contribution < -0.4 is 11.1 Å². The van der Waals surface area contributed by atoms with Gasteiger partial charge in [-0.05, 0) is 37.0 Å². The summed E-state index contributed by atoms with van der Waals surface area (Å²) < 4.78 is 0. The number of carbonyl (C=O) groups is 1. The number of nitrogens with two attached hydrogens (primary N) is 1. The molecule has 1 aromatic rings. The molecule has 0 radical (unpaired) electrons. The summed E-state index contributed by atoms with van der Waals surface area (Å²) in [4.78, 5) is 11.8. The molecule has 0 unspecified atom stereocenters. The van der Waals surface area contributed by atoms with Gasteiger partial charge in [-0.25, -0.2) is 0 Å². The largest absolute Gasteiger partial charge is 0.506 e. The van der Waals surface area contributed by atoms with Crippen molar-refractivity contribution in [2.45, 2.75) is 45.6 Å². The quantitative estimate of drug-likeness (QED) is 0.732. The Morgan fingerprint density at radius 1 is 1.21 bits per heavy atom. The first kappa shape index (κ1) is 17.7. The lowest BCUT2D eigenvalue weighted by Gasteiger charge is -2.22. The Bertz CT molecular complexity index is 459. The molecule has 0 aromatic heterocycles. The monoisotopic (exact) mass is 286 g/mol. The molecule has 0 atom stereocenters. The van der Waals surface area contributed by atoms with Crippen LogP contribution in [0.25, 0.3) is 0 Å². The van der Waals surface area contributed by atoms with Crippen LogP contribution in [0.15, 0.2) is 18.2 Å². The standard InChI is InChI=1S/C14H22N2O2.ClH/c1-13(2,3)9-6-7-11(17)10(8-9)16-12(18)14(4,5)15;/h6-8,17H,15H2,1-5H3,(H,16,18);1H. The molecule has 0 spiro atoms. The van der Waals surface area contributed by atoms with Gasteiger partial charge >= 0.3 is 0 Å². The van der Waals surface area contributed by atoms with E-state index < -0.39 is 5.54 Å². The van der Waals surface area contributed by atoms with E-state index in [0.29, 0.717) is 5.69 Å². The third-order valence-electron chi connectivity index (χ3n) is 2.70. The average molecular weight is 287 g/mol. The fraction of sp³-hybridized carbons (Fsp3) is 0.500. The first-order valence-electron chi connectivity index (χ1n) is 5.95. The van der Waals surface area contributed by atoms with Crippen molar-refractivity contribution >= 4 is 24.0 Å². The van der Waals surface area contributed by atoms with Crippen LogP contribution in [-0.2, 0) is 10.2 Å². The van der Waals surface area contributed by atoms with Crippen LogP contribution in [-0.4, -0.2) is 16.6 Å². The number of nitrogens with one attached hydrogen (secondary N) is 1. The van der Waals surface area contributed by atoms with Gasteiger partial charge in [0.1, 0.15) is 5.75 Å². The number of rotatable bonds is 2. The zero-order valence-electron chi connectivity index (χ0n) is 12.1. The van der Waals surface area contributed by atoms with Gasteiger partial charge in [-0.3, -0.25) is 4.79 Å². The minimum absolute atomic E-state index is 0. The van der Waals surface area contributed by atoms with Crippen molar-refractivity contribution < 1.29 is 9.90 Å². The number of hydrogen-bond donors (Lipinski definition) is 3. The normalized spacial score (nSPS) is 11.7. The second-order valence-electron chi connectivity index (χ2n) is 6.16. The summed E-state index contributed by atoms with van der Waals surface area (Å²) in [5, 5.41) is 12.4. The molecule has 1 aromatic carbocycles. The highest BCUT2D eigenvalue weighted by atomic mass is 35.5. The van der Waals surface area contributed by atoms with E-state index in [1.165, 1.54) is 0 Å². The van der Waals surface area contributed by atoms with Crippen molar-refractivity contribution in [2.24, 2.45) is 5.73 Å². The maximum Gasteiger partial charge on any atom is 0.243 e. The first-order chi connectivity index (χ1) is 8.01. The lowest BCUT2D eigenvalue weighted by molar-refractivity contribution is -0.120. The van der Waals surface area contributed by atoms with Gasteiger partial charge in [-0.2, -0.15) is 0 Å². The molecule has 0 heterocycles. The fourth-order valence-corrected chi connectivity index (χ4v) is 1.39. The number of halogens is 1. The molecule has 1 amide bonds. The molecular weight excluding hydrogens is 264 g/mol. The Balaban J connectivity index is 0.00000324. The van der Waals surface area contributed by atoms with Gasteiger partial charge in [0.15, 0.2) is 0 Å². The van der Waals surface area contributed by atoms with E-state index in [2.05, 4.69) is 26.1 Å². The van der Waals surface area contributed by atoms with Crippen LogP contribution in [0, 0.1) is 0 Å². The second-order valence-corrected chi connectivity index (χ2v) is 6.16. The zero-order valence-corrected chi connectivity index (χ0v) is 12.9. The van der Waals surface area contributed by atoms with Crippen molar-refractivity contribution in [3.63, 3.8) is 0 Å². The van der Waals surface area contributed by atoms with Crippen LogP contribution in [0.5, 0.6) is 5.75 Å². The second kappa shape index (κ2) is 5.80. The lowest BCUT2D eigenvalue weighted by atomic mass is 9.86. The zero-order chi connectivity index (χ0) is 14.1. The molecular formula is C14H23ClN2O2. The van der Waals surface area contributed by atoms with Gasteiger partial charge < -0.3 is 16.2 Å². The minimum atomic E-state index is -0.982. The van der Waals surface area contributed by atoms with Crippen LogP contribution in [0.2, 0.25) is 0 Å². The fourth-order valence-electron chi connectivity index (χ4n) is 1.39. The molecule has 4 N–H and O–H groups in total. The molecule has 5 heteroatoms. The van der Waals surface area contributed by atoms with E-state index in [0.717, 1.165) is 5.56 Å². The number of hydrogen-bond acceptors (Lipinski definition) is 3. The topological polar surface area (TPSA) is 75.4 Å². The van der Waals surface area contributed by atoms with Crippen LogP contribution in [0.1, 0.15) is 40.2 Å². The Morgan fingerprint density at radius 3 is 2.16 bits per heavy atom. The highest BCUT2D eigenvalue weighted by Crippen LogP contribution is 2.30. The molecule has 19 heavy (non-hydrogen) atoms. The third kappa shape index (κ3) is 4.73. The van der Waals surface area contributed by atoms with Gasteiger partial charge in [-0.15, -0.1) is 12.4 Å². The summed E-state index contributed by atoms with van der Waals surface area (Å²) >= 11 is 0. The predicted molar refractivity (Wildman–Crippen MR) is 81.0 cm³/mol. The van der Waals surface area contributed by atoms with Crippen LogP contribution >= 0.6 is 12.4 Å². The maximum atomic E-state index is 11.8. The SMILES string of the molecule is CC(C)(N)C(=O)Nc1cc(C(C)(C)C)ccc1O.Cl. The highest BCUT2D eigenvalue weighted by Gasteiger charge is 2.23. The number of phenols is 1. The third-order valence-corrected chi connectivity index (χ3v) is 2.70. The number of aromatic hydroxyl groups is 1. The number of anilines is 1. The molecule has 0 saturated carbocycles. The van der Waals surface area contributed by atoms with E-state index in [-0.39, 0.29) is 29.5 Å². The number of carbonyl (C=O) groups excluding carboxylic acids is 1. The summed E-state index contributed by atoms with van der Waals surface area (Å²) in [6.45, 7) is 9.44. The Labute approximate surface area is 120 Å². The van der Waals surface area contributed by atoms with Crippen molar-refractivity contribution in [2.75, 3.05) is 5.32 Å². The molecule has 108 valence electrons. The molecule has 0 saturated heterocycles. The van der Waals surface area contributed by atoms with E-state index in [1.807, 2.05) is 6.07 Å². The number of amides is 1. The molecule has 0 fully saturated rings. The van der Waals surface area contributed by atoms with Gasteiger partial charge in [0.2, 0.25) is 5.91 Å². The lowest BCUT2D eigenvalue weighted by Crippen LogP contribution is -2.45. The molecule has 0 bridgehead atoms. The number of phenolic OH excluding ortho intramolecular Hbond substituents is 1. The first-order valence-corrected chi connectivity index (χ1v) is 5.95. The highest BCUT2D eigenvalue weighted by molar-refractivity contribution is 5.98. The Hall–Kier alpha value is -1.26. The van der Waals surface area contributed by atoms with Crippen molar-refractivity contribution in [3.8, 4) is 5.75 Å². The number of benzene rings is 1. The minimum Gasteiger partial charge on any atom is -0.506 e. The molecule has 0 aliphatic heterocycles. The summed E-state index contributed by atoms with van der Waals surface area (Å²) in [6, 6.07) is 5.21. The molecule has 0 aliphatic rings. The van der Waals surface area contributed by atoms with E-state index in [4.69, 9.17) is 5.73 Å². The van der Waals surface area contributed by atoms with Crippen molar-refractivity contribution in [3.05, 3.63) is 23.8 Å². The summed E-state index contributed by atoms with van der Waals surface area (Å²) in [5.74, 6) is -0.288. The van der Waals surface area contributed by atoms with E-state index in [1.54, 1.807) is 26.0 Å². The maximum absolute atomic E-state index is 11.8. The van der Waals surface area contributed by atoms with Gasteiger partial charge in [0.25, 0.3) is 0 Å². The van der Waals surface area contributed by atoms with Crippen LogP contribution in [0.4, 0.5) is 5.69 Å². The Morgan fingerprint density at radius 2 is 1.74 bits per heavy atom. The van der Waals surface area contributed by atoms with Crippen LogP contribution in [0.3, 0.4) is 0 Å². The van der Waals surface area contributed by atoms with Crippen molar-refractivity contribution in [1.29, 1.82) is 0 Å². The summed E-state index contributed by atoms with van der Waals surface area (Å²) in [5.41, 5.74) is 6.10. The van der Waals surface area contributed by atoms with Crippen molar-refractivity contribution in [1.82, 2.24) is 0 Å². The van der Waals surface area contributed by atoms with E-state index in [9.17, 15) is 9.90 Å². The van der Waals surface area contributed by atoms with Gasteiger partial charge in [0.05, 0.1) is 11.2 Å². The Kier molecular flexibility index (Phi) is 5.42. The predicted octanol–water partition coefficient (Wildman–Crippen LogP) is 2.79. The van der Waals surface area contributed by atoms with E-state index >= 15 is 0 Å². The summed E-state index contributed by atoms with van der Waals surface area (Å²) in [6.07, 6.45) is 0.